The van der Waals surface area contributed by atoms with Gasteiger partial charge in [0.05, 0.1) is 6.61 Å². The molecule has 0 saturated heterocycles. The summed E-state index contributed by atoms with van der Waals surface area (Å²) in [4.78, 5) is 13.3. The van der Waals surface area contributed by atoms with Crippen LogP contribution in [0, 0.1) is 0 Å². The van der Waals surface area contributed by atoms with Crippen molar-refractivity contribution in [1.82, 2.24) is 0 Å². The molecule has 4 heteroatoms. The van der Waals surface area contributed by atoms with Crippen molar-refractivity contribution in [2.75, 3.05) is 18.6 Å². The summed E-state index contributed by atoms with van der Waals surface area (Å²) in [5.74, 6) is 0. The van der Waals surface area contributed by atoms with Crippen LogP contribution in [-0.2, 0) is 4.74 Å². The van der Waals surface area contributed by atoms with Crippen LogP contribution in [0.25, 0.3) is 0 Å². The Balaban J connectivity index is 2.43. The first-order chi connectivity index (χ1) is 7.90. The normalized spacial score (nSPS) is 11.1. The second kappa shape index (κ2) is 5.86. The SMILES string of the molecule is CN(C(=O)OCC[Si](C)(C)C)c1ccccc1. The van der Waals surface area contributed by atoms with Gasteiger partial charge in [0, 0.05) is 20.8 Å². The number of amides is 1. The second-order valence-electron chi connectivity index (χ2n) is 5.32. The Hall–Kier alpha value is -1.29. The summed E-state index contributed by atoms with van der Waals surface area (Å²) < 4.78 is 5.26. The fourth-order valence-electron chi connectivity index (χ4n) is 1.30. The summed E-state index contributed by atoms with van der Waals surface area (Å²) in [6, 6.07) is 10.5. The van der Waals surface area contributed by atoms with Crippen LogP contribution in [0.15, 0.2) is 30.3 Å². The van der Waals surface area contributed by atoms with Crippen molar-refractivity contribution in [3.63, 3.8) is 0 Å². The molecule has 0 N–H and O–H groups in total. The standard InChI is InChI=1S/C13H21NO2Si/c1-14(12-8-6-5-7-9-12)13(15)16-10-11-17(2,3)4/h5-9H,10-11H2,1-4H3. The Morgan fingerprint density at radius 1 is 1.24 bits per heavy atom. The number of benzene rings is 1. The number of carbonyl (C=O) groups is 1. The summed E-state index contributed by atoms with van der Waals surface area (Å²) in [5.41, 5.74) is 0.852. The number of anilines is 1. The number of hydrogen-bond acceptors (Lipinski definition) is 2. The highest BCUT2D eigenvalue weighted by Gasteiger charge is 2.16. The first-order valence-corrected chi connectivity index (χ1v) is 9.56. The fourth-order valence-corrected chi connectivity index (χ4v) is 2.01. The van der Waals surface area contributed by atoms with Crippen LogP contribution in [0.4, 0.5) is 10.5 Å². The average Bonchev–Trinajstić information content (AvgIpc) is 2.27. The van der Waals surface area contributed by atoms with Gasteiger partial charge in [0.2, 0.25) is 0 Å². The van der Waals surface area contributed by atoms with E-state index >= 15 is 0 Å². The molecule has 0 heterocycles. The average molecular weight is 251 g/mol. The van der Waals surface area contributed by atoms with E-state index < -0.39 is 8.07 Å². The van der Waals surface area contributed by atoms with Gasteiger partial charge < -0.3 is 4.74 Å². The van der Waals surface area contributed by atoms with Gasteiger partial charge in [-0.2, -0.15) is 0 Å². The van der Waals surface area contributed by atoms with E-state index in [1.807, 2.05) is 30.3 Å². The third kappa shape index (κ3) is 5.04. The molecule has 1 aromatic carbocycles. The van der Waals surface area contributed by atoms with Crippen molar-refractivity contribution in [3.05, 3.63) is 30.3 Å². The first kappa shape index (κ1) is 13.8. The van der Waals surface area contributed by atoms with Crippen LogP contribution in [0.3, 0.4) is 0 Å². The minimum Gasteiger partial charge on any atom is -0.449 e. The van der Waals surface area contributed by atoms with Gasteiger partial charge in [0.15, 0.2) is 0 Å². The van der Waals surface area contributed by atoms with E-state index in [1.165, 1.54) is 4.90 Å². The Morgan fingerprint density at radius 2 is 1.82 bits per heavy atom. The van der Waals surface area contributed by atoms with E-state index in [0.717, 1.165) is 11.7 Å². The quantitative estimate of drug-likeness (QED) is 0.765. The van der Waals surface area contributed by atoms with Gasteiger partial charge in [-0.1, -0.05) is 37.8 Å². The molecule has 0 bridgehead atoms. The lowest BCUT2D eigenvalue weighted by Gasteiger charge is -2.19. The molecular formula is C13H21NO2Si. The number of nitrogens with zero attached hydrogens (tertiary/aromatic N) is 1. The highest BCUT2D eigenvalue weighted by molar-refractivity contribution is 6.76. The van der Waals surface area contributed by atoms with Crippen LogP contribution in [0.1, 0.15) is 0 Å². The summed E-state index contributed by atoms with van der Waals surface area (Å²) in [6.07, 6.45) is -0.283. The van der Waals surface area contributed by atoms with Gasteiger partial charge in [-0.3, -0.25) is 4.90 Å². The number of para-hydroxylation sites is 1. The molecule has 94 valence electrons. The van der Waals surface area contributed by atoms with Crippen LogP contribution in [0.2, 0.25) is 25.7 Å². The van der Waals surface area contributed by atoms with Crippen LogP contribution < -0.4 is 4.90 Å². The maximum Gasteiger partial charge on any atom is 0.413 e. The summed E-state index contributed by atoms with van der Waals surface area (Å²) in [7, 11) is 0.595. The van der Waals surface area contributed by atoms with Crippen molar-refractivity contribution in [1.29, 1.82) is 0 Å². The van der Waals surface area contributed by atoms with Crippen LogP contribution in [0.5, 0.6) is 0 Å². The molecule has 0 aliphatic carbocycles. The molecule has 0 spiro atoms. The number of hydrogen-bond donors (Lipinski definition) is 0. The molecule has 17 heavy (non-hydrogen) atoms. The number of carbonyl (C=O) groups excluding carboxylic acids is 1. The highest BCUT2D eigenvalue weighted by Crippen LogP contribution is 2.13. The third-order valence-electron chi connectivity index (χ3n) is 2.49. The largest absolute Gasteiger partial charge is 0.449 e. The second-order valence-corrected chi connectivity index (χ2v) is 10.9. The predicted octanol–water partition coefficient (Wildman–Crippen LogP) is 3.60. The molecule has 0 saturated carbocycles. The van der Waals surface area contributed by atoms with Gasteiger partial charge in [0.1, 0.15) is 0 Å². The van der Waals surface area contributed by atoms with E-state index in [1.54, 1.807) is 7.05 Å². The van der Waals surface area contributed by atoms with Gasteiger partial charge in [0.25, 0.3) is 0 Å². The molecule has 0 unspecified atom stereocenters. The molecule has 1 rings (SSSR count). The maximum atomic E-state index is 11.7. The first-order valence-electron chi connectivity index (χ1n) is 5.86. The molecular weight excluding hydrogens is 230 g/mol. The number of ether oxygens (including phenoxy) is 1. The molecule has 1 aromatic rings. The monoisotopic (exact) mass is 251 g/mol. The van der Waals surface area contributed by atoms with Crippen molar-refractivity contribution < 1.29 is 9.53 Å². The Bertz CT molecular complexity index is 359. The maximum absolute atomic E-state index is 11.7. The zero-order valence-electron chi connectivity index (χ0n) is 11.1. The lowest BCUT2D eigenvalue weighted by Crippen LogP contribution is -2.29. The predicted molar refractivity (Wildman–Crippen MR) is 74.3 cm³/mol. The van der Waals surface area contributed by atoms with Crippen molar-refractivity contribution >= 4 is 19.9 Å². The van der Waals surface area contributed by atoms with Crippen molar-refractivity contribution in [2.45, 2.75) is 25.7 Å². The topological polar surface area (TPSA) is 29.5 Å². The fraction of sp³-hybridized carbons (Fsp3) is 0.462. The van der Waals surface area contributed by atoms with Gasteiger partial charge in [-0.05, 0) is 18.2 Å². The van der Waals surface area contributed by atoms with Gasteiger partial charge in [-0.15, -0.1) is 0 Å². The molecule has 0 aromatic heterocycles. The van der Waals surface area contributed by atoms with Crippen LogP contribution >= 0.6 is 0 Å². The van der Waals surface area contributed by atoms with E-state index in [0.29, 0.717) is 6.61 Å². The lowest BCUT2D eigenvalue weighted by atomic mass is 10.3. The van der Waals surface area contributed by atoms with Gasteiger partial charge >= 0.3 is 6.09 Å². The number of rotatable bonds is 4. The Kier molecular flexibility index (Phi) is 4.75. The third-order valence-corrected chi connectivity index (χ3v) is 4.20. The molecule has 1 amide bonds. The molecule has 3 nitrogen and oxygen atoms in total. The highest BCUT2D eigenvalue weighted by atomic mass is 28.3. The van der Waals surface area contributed by atoms with Crippen LogP contribution in [-0.4, -0.2) is 27.8 Å². The van der Waals surface area contributed by atoms with Crippen molar-refractivity contribution in [2.24, 2.45) is 0 Å². The smallest absolute Gasteiger partial charge is 0.413 e. The van der Waals surface area contributed by atoms with E-state index in [4.69, 9.17) is 4.74 Å². The zero-order valence-corrected chi connectivity index (χ0v) is 12.1. The van der Waals surface area contributed by atoms with E-state index in [9.17, 15) is 4.79 Å². The summed E-state index contributed by atoms with van der Waals surface area (Å²) >= 11 is 0. The van der Waals surface area contributed by atoms with Crippen molar-refractivity contribution in [3.8, 4) is 0 Å². The molecule has 0 aliphatic rings. The van der Waals surface area contributed by atoms with E-state index in [-0.39, 0.29) is 6.09 Å². The molecule has 0 radical (unpaired) electrons. The molecule has 0 aliphatic heterocycles. The zero-order chi connectivity index (χ0) is 12.9. The Labute approximate surface area is 104 Å². The molecule has 0 fully saturated rings. The minimum atomic E-state index is -1.13. The molecule has 0 atom stereocenters. The Morgan fingerprint density at radius 3 is 2.35 bits per heavy atom. The summed E-state index contributed by atoms with van der Waals surface area (Å²) in [5, 5.41) is 0. The minimum absolute atomic E-state index is 0.283. The van der Waals surface area contributed by atoms with E-state index in [2.05, 4.69) is 19.6 Å². The summed E-state index contributed by atoms with van der Waals surface area (Å²) in [6.45, 7) is 7.32. The lowest BCUT2D eigenvalue weighted by molar-refractivity contribution is 0.161. The van der Waals surface area contributed by atoms with Gasteiger partial charge in [-0.25, -0.2) is 4.79 Å².